The molecule has 0 heterocycles. The minimum absolute atomic E-state index is 0.0903. The van der Waals surface area contributed by atoms with Crippen LogP contribution >= 0.6 is 0 Å². The number of nitrogens with zero attached hydrogens (tertiary/aromatic N) is 1. The molecule has 0 aromatic carbocycles. The van der Waals surface area contributed by atoms with E-state index in [1.54, 1.807) is 20.8 Å². The summed E-state index contributed by atoms with van der Waals surface area (Å²) in [6.07, 6.45) is 1.56. The molecule has 0 bridgehead atoms. The summed E-state index contributed by atoms with van der Waals surface area (Å²) in [5, 5.41) is 8.15. The van der Waals surface area contributed by atoms with Gasteiger partial charge in [0.2, 0.25) is 0 Å². The molecule has 462 valence electrons. The lowest BCUT2D eigenvalue weighted by molar-refractivity contribution is 0.157. The maximum absolute atomic E-state index is 8.15. The van der Waals surface area contributed by atoms with Crippen LogP contribution in [0.4, 0.5) is 0 Å². The van der Waals surface area contributed by atoms with E-state index in [0.717, 1.165) is 17.8 Å². The van der Waals surface area contributed by atoms with E-state index in [0.29, 0.717) is 37.9 Å². The zero-order valence-electron chi connectivity index (χ0n) is 74.7. The zero-order chi connectivity index (χ0) is 75.4. The standard InChI is InChI=1S/C9H20.3C8H18.3C7H16.C5H9N.2C5H12.C4H10/c1-8(2,3)7-9(4,5)6;2*1-7(2)6-8(3,4)5;1-7(2,3)8(4,5)6;3*1-6(2)7(3,4)5;1-5(2,3)4-6;2*1-5(2,3)4;1-4(2)3/h7H2,1-6H3;2*7H,6H2,1-5H3;1-6H3;3*6H,1-5H3;1-3H3;2*1-4H3;4H,1-3H3/i;6D2;;;1D3,2D3,6D;6D;;;1D3;;. The van der Waals surface area contributed by atoms with Crippen molar-refractivity contribution >= 4 is 0 Å². The van der Waals surface area contributed by atoms with Gasteiger partial charge in [-0.1, -0.05) is 332 Å². The Balaban J connectivity index is -0.0000000822. The molecule has 0 rings (SSSR count). The van der Waals surface area contributed by atoms with Crippen LogP contribution in [0.15, 0.2) is 0 Å². The largest absolute Gasteiger partial charge is 0.198 e. The molecule has 1 heteroatoms. The molecular formula is C73H165N. The van der Waals surface area contributed by atoms with E-state index in [2.05, 4.69) is 228 Å². The van der Waals surface area contributed by atoms with E-state index in [-0.39, 0.29) is 28.1 Å². The molecule has 0 atom stereocenters. The van der Waals surface area contributed by atoms with Crippen molar-refractivity contribution in [3.63, 3.8) is 0 Å². The monoisotopic (exact) mass is 1070 g/mol. The molecule has 0 saturated carbocycles. The molecule has 0 aromatic rings. The molecule has 0 fully saturated rings. The molecule has 0 saturated heterocycles. The minimum Gasteiger partial charge on any atom is -0.198 e. The van der Waals surface area contributed by atoms with Crippen LogP contribution in [0.5, 0.6) is 0 Å². The second-order valence-corrected chi connectivity index (χ2v) is 36.2. The molecule has 0 amide bonds. The first-order valence-corrected chi connectivity index (χ1v) is 29.0. The first-order valence-electron chi connectivity index (χ1n) is 35.5. The smallest absolute Gasteiger partial charge is 0.0680 e. The molecule has 0 aliphatic heterocycles. The lowest BCUT2D eigenvalue weighted by atomic mass is 9.71. The lowest BCUT2D eigenvalue weighted by Crippen LogP contribution is -2.25. The molecule has 0 aliphatic carbocycles. The molecule has 0 unspecified atom stereocenters. The van der Waals surface area contributed by atoms with Gasteiger partial charge in [-0.15, -0.1) is 0 Å². The fraction of sp³-hybridized carbons (Fsp3) is 0.986. The van der Waals surface area contributed by atoms with Crippen LogP contribution in [-0.4, -0.2) is 0 Å². The SMILES string of the molecule is CC(C)(C)C.CC(C)(C)C#N.CC(C)(C)C(C)(C)C.CC(C)(C)CC(C)(C)C.CC(C)C.CC(C)C(C)(C)C.CC(C)CC(C)(C)C.[2H]C(C)(C)C(C)(C)C.[2H]C([2H])(C(C)C)C(C)(C)C.[2H]C([2H])([2H])C(C)(C)C.[2H]C([2H])([2H])C([2H])(C([2H])([2H])[2H])C(C)(C)C. The third kappa shape index (κ3) is 172. The highest BCUT2D eigenvalue weighted by atomic mass is 14.3. The Morgan fingerprint density at radius 3 is 0.581 bits per heavy atom. The van der Waals surface area contributed by atoms with Crippen LogP contribution in [0.2, 0.25) is 0 Å². The predicted molar refractivity (Wildman–Crippen MR) is 359 cm³/mol. The van der Waals surface area contributed by atoms with Gasteiger partial charge in [-0.3, -0.25) is 0 Å². The van der Waals surface area contributed by atoms with Crippen molar-refractivity contribution < 1.29 is 17.8 Å². The topological polar surface area (TPSA) is 23.8 Å². The first-order chi connectivity index (χ1) is 36.1. The number of hydrogen-bond acceptors (Lipinski definition) is 1. The van der Waals surface area contributed by atoms with Gasteiger partial charge in [0.05, 0.1) is 6.07 Å². The minimum atomic E-state index is -2.82. The average Bonchev–Trinajstić information content (AvgIpc) is 3.08. The quantitative estimate of drug-likeness (QED) is 0.270. The van der Waals surface area contributed by atoms with Crippen LogP contribution in [0.25, 0.3) is 0 Å². The van der Waals surface area contributed by atoms with Gasteiger partial charge in [-0.25, -0.2) is 0 Å². The third-order valence-electron chi connectivity index (χ3n) is 9.37. The van der Waals surface area contributed by atoms with Gasteiger partial charge in [0.1, 0.15) is 0 Å². The van der Waals surface area contributed by atoms with Gasteiger partial charge in [0.25, 0.3) is 0 Å². The number of rotatable bonds is 2. The number of hydrogen-bond donors (Lipinski definition) is 0. The van der Waals surface area contributed by atoms with Gasteiger partial charge in [-0.2, -0.15) is 5.26 Å². The molecule has 1 nitrogen and oxygen atoms in total. The molecule has 0 aliphatic rings. The first kappa shape index (κ1) is 67.8. The third-order valence-corrected chi connectivity index (χ3v) is 9.37. The fourth-order valence-electron chi connectivity index (χ4n) is 3.68. The van der Waals surface area contributed by atoms with Gasteiger partial charge >= 0.3 is 0 Å². The van der Waals surface area contributed by atoms with Crippen molar-refractivity contribution in [3.05, 3.63) is 0 Å². The van der Waals surface area contributed by atoms with Gasteiger partial charge in [-0.05, 0) is 135 Å². The Hall–Kier alpha value is -0.510. The van der Waals surface area contributed by atoms with Crippen molar-refractivity contribution in [2.24, 2.45) is 100 Å². The Morgan fingerprint density at radius 2 is 0.581 bits per heavy atom. The summed E-state index contributed by atoms with van der Waals surface area (Å²) in [5.41, 5.74) is 1.37. The second kappa shape index (κ2) is 42.4. The van der Waals surface area contributed by atoms with Crippen LogP contribution in [0.3, 0.4) is 0 Å². The van der Waals surface area contributed by atoms with E-state index >= 15 is 0 Å². The summed E-state index contributed by atoms with van der Waals surface area (Å²) in [6.45, 7) is 92.8. The van der Waals surface area contributed by atoms with Crippen molar-refractivity contribution in [2.75, 3.05) is 0 Å². The summed E-state index contributed by atoms with van der Waals surface area (Å²) in [4.78, 5) is 0. The van der Waals surface area contributed by atoms with Crippen molar-refractivity contribution in [2.45, 2.75) is 372 Å². The van der Waals surface area contributed by atoms with Crippen LogP contribution in [-0.2, 0) is 0 Å². The molecular weight excluding hydrogens is 891 g/mol. The van der Waals surface area contributed by atoms with E-state index < -0.39 is 43.7 Å². The summed E-state index contributed by atoms with van der Waals surface area (Å²) >= 11 is 0. The van der Waals surface area contributed by atoms with Crippen LogP contribution < -0.4 is 0 Å². The zero-order valence-corrected chi connectivity index (χ0v) is 61.7. The van der Waals surface area contributed by atoms with Crippen LogP contribution in [0.1, 0.15) is 390 Å². The van der Waals surface area contributed by atoms with E-state index in [9.17, 15) is 0 Å². The molecule has 74 heavy (non-hydrogen) atoms. The van der Waals surface area contributed by atoms with Gasteiger partial charge in [0, 0.05) is 23.2 Å². The highest BCUT2D eigenvalue weighted by Gasteiger charge is 2.27. The van der Waals surface area contributed by atoms with Gasteiger partial charge in [0.15, 0.2) is 0 Å². The van der Waals surface area contributed by atoms with Crippen LogP contribution in [0, 0.1) is 112 Å². The van der Waals surface area contributed by atoms with E-state index in [1.165, 1.54) is 33.6 Å². The molecule has 0 radical (unpaired) electrons. The Kier molecular flexibility index (Phi) is 38.8. The summed E-state index contributed by atoms with van der Waals surface area (Å²) in [7, 11) is 0. The Labute approximate surface area is 500 Å². The van der Waals surface area contributed by atoms with E-state index in [4.69, 9.17) is 23.1 Å². The predicted octanol–water partition coefficient (Wildman–Crippen LogP) is 28.1. The second-order valence-electron chi connectivity index (χ2n) is 36.2. The maximum atomic E-state index is 8.15. The van der Waals surface area contributed by atoms with Crippen molar-refractivity contribution in [1.29, 1.82) is 5.26 Å². The lowest BCUT2D eigenvalue weighted by Gasteiger charge is -2.34. The van der Waals surface area contributed by atoms with Crippen molar-refractivity contribution in [1.82, 2.24) is 0 Å². The fourth-order valence-corrected chi connectivity index (χ4v) is 3.68. The summed E-state index contributed by atoms with van der Waals surface area (Å²) < 4.78 is 94.6. The summed E-state index contributed by atoms with van der Waals surface area (Å²) in [6, 6.07) is 2.10. The molecule has 0 spiro atoms. The molecule has 0 aromatic heterocycles. The highest BCUT2D eigenvalue weighted by Crippen LogP contribution is 2.36. The van der Waals surface area contributed by atoms with Gasteiger partial charge < -0.3 is 0 Å². The van der Waals surface area contributed by atoms with Crippen molar-refractivity contribution in [3.8, 4) is 6.07 Å². The van der Waals surface area contributed by atoms with E-state index in [1.807, 2.05) is 69.2 Å². The summed E-state index contributed by atoms with van der Waals surface area (Å²) in [5.74, 6) is -0.185. The normalized spacial score (nSPS) is 16.2. The Bertz CT molecular complexity index is 1530. The molecule has 0 N–H and O–H groups in total. The Morgan fingerprint density at radius 1 is 0.378 bits per heavy atom. The number of nitriles is 1. The maximum Gasteiger partial charge on any atom is 0.0680 e. The highest BCUT2D eigenvalue weighted by molar-refractivity contribution is 4.86. The average molecular weight is 1070 g/mol.